The van der Waals surface area contributed by atoms with Crippen molar-refractivity contribution in [3.63, 3.8) is 0 Å². The first-order chi connectivity index (χ1) is 10.5. The lowest BCUT2D eigenvalue weighted by atomic mass is 9.96. The maximum absolute atomic E-state index is 12.5. The molecule has 3 rings (SSSR count). The summed E-state index contributed by atoms with van der Waals surface area (Å²) in [6.45, 7) is 2.53. The van der Waals surface area contributed by atoms with Gasteiger partial charge < -0.3 is 4.90 Å². The lowest BCUT2D eigenvalue weighted by Gasteiger charge is -2.22. The third-order valence-electron chi connectivity index (χ3n) is 4.54. The predicted octanol–water partition coefficient (Wildman–Crippen LogP) is 2.21. The van der Waals surface area contributed by atoms with E-state index in [1.165, 1.54) is 6.42 Å². The molecule has 1 aromatic rings. The SMILES string of the molecule is CCN1C(=O)Cc2cc(S(=O)(=O)NC3CCCCC3)ccc21. The third kappa shape index (κ3) is 2.90. The minimum absolute atomic E-state index is 0.0345. The molecule has 1 heterocycles. The molecule has 0 radical (unpaired) electrons. The van der Waals surface area contributed by atoms with Gasteiger partial charge in [0.05, 0.1) is 11.3 Å². The summed E-state index contributed by atoms with van der Waals surface area (Å²) in [6, 6.07) is 5.04. The molecule has 1 amide bonds. The monoisotopic (exact) mass is 322 g/mol. The summed E-state index contributed by atoms with van der Waals surface area (Å²) in [7, 11) is -3.50. The topological polar surface area (TPSA) is 66.5 Å². The number of fused-ring (bicyclic) bond motifs is 1. The Morgan fingerprint density at radius 3 is 2.64 bits per heavy atom. The van der Waals surface area contributed by atoms with Crippen molar-refractivity contribution < 1.29 is 13.2 Å². The zero-order valence-corrected chi connectivity index (χ0v) is 13.7. The average molecular weight is 322 g/mol. The Bertz CT molecular complexity index is 679. The summed E-state index contributed by atoms with van der Waals surface area (Å²) < 4.78 is 27.9. The van der Waals surface area contributed by atoms with Crippen molar-refractivity contribution in [2.24, 2.45) is 0 Å². The van der Waals surface area contributed by atoms with Crippen molar-refractivity contribution in [2.45, 2.75) is 56.4 Å². The van der Waals surface area contributed by atoms with Crippen molar-refractivity contribution in [1.82, 2.24) is 4.72 Å². The van der Waals surface area contributed by atoms with Gasteiger partial charge in [-0.1, -0.05) is 19.3 Å². The highest BCUT2D eigenvalue weighted by Crippen LogP contribution is 2.31. The fourth-order valence-corrected chi connectivity index (χ4v) is 4.74. The van der Waals surface area contributed by atoms with Crippen LogP contribution in [-0.2, 0) is 21.2 Å². The van der Waals surface area contributed by atoms with E-state index in [9.17, 15) is 13.2 Å². The van der Waals surface area contributed by atoms with Crippen LogP contribution in [-0.4, -0.2) is 26.9 Å². The highest BCUT2D eigenvalue weighted by Gasteiger charge is 2.28. The van der Waals surface area contributed by atoms with Gasteiger partial charge in [0.2, 0.25) is 15.9 Å². The number of likely N-dealkylation sites (N-methyl/N-ethyl adjacent to an activating group) is 1. The summed E-state index contributed by atoms with van der Waals surface area (Å²) in [6.07, 6.45) is 5.45. The number of sulfonamides is 1. The number of anilines is 1. The molecule has 1 aromatic carbocycles. The highest BCUT2D eigenvalue weighted by molar-refractivity contribution is 7.89. The molecule has 120 valence electrons. The molecule has 1 aliphatic carbocycles. The smallest absolute Gasteiger partial charge is 0.240 e. The Balaban J connectivity index is 1.83. The first kappa shape index (κ1) is 15.5. The van der Waals surface area contributed by atoms with Crippen LogP contribution in [0.1, 0.15) is 44.6 Å². The molecule has 1 saturated carbocycles. The van der Waals surface area contributed by atoms with Crippen LogP contribution >= 0.6 is 0 Å². The van der Waals surface area contributed by atoms with Gasteiger partial charge in [-0.05, 0) is 43.5 Å². The Morgan fingerprint density at radius 1 is 1.23 bits per heavy atom. The molecule has 0 aromatic heterocycles. The van der Waals surface area contributed by atoms with Gasteiger partial charge >= 0.3 is 0 Å². The second kappa shape index (κ2) is 6.01. The summed E-state index contributed by atoms with van der Waals surface area (Å²) in [5.41, 5.74) is 1.64. The van der Waals surface area contributed by atoms with Crippen LogP contribution in [0.15, 0.2) is 23.1 Å². The van der Waals surface area contributed by atoms with Crippen LogP contribution in [0.25, 0.3) is 0 Å². The van der Waals surface area contributed by atoms with Gasteiger partial charge in [0, 0.05) is 18.3 Å². The highest BCUT2D eigenvalue weighted by atomic mass is 32.2. The third-order valence-corrected chi connectivity index (χ3v) is 6.06. The van der Waals surface area contributed by atoms with Crippen molar-refractivity contribution in [1.29, 1.82) is 0 Å². The molecular formula is C16H22N2O3S. The van der Waals surface area contributed by atoms with E-state index in [0.717, 1.165) is 36.9 Å². The van der Waals surface area contributed by atoms with Gasteiger partial charge in [-0.15, -0.1) is 0 Å². The molecular weight excluding hydrogens is 300 g/mol. The van der Waals surface area contributed by atoms with Gasteiger partial charge in [-0.3, -0.25) is 4.79 Å². The maximum atomic E-state index is 12.5. The van der Waals surface area contributed by atoms with Gasteiger partial charge in [0.25, 0.3) is 0 Å². The quantitative estimate of drug-likeness (QED) is 0.924. The number of nitrogens with zero attached hydrogens (tertiary/aromatic N) is 1. The Labute approximate surface area is 131 Å². The number of hydrogen-bond donors (Lipinski definition) is 1. The number of nitrogens with one attached hydrogen (secondary N) is 1. The Kier molecular flexibility index (Phi) is 4.23. The number of carbonyl (C=O) groups excluding carboxylic acids is 1. The molecule has 0 atom stereocenters. The standard InChI is InChI=1S/C16H22N2O3S/c1-2-18-15-9-8-14(10-12(15)11-16(18)19)22(20,21)17-13-6-4-3-5-7-13/h8-10,13,17H,2-7,11H2,1H3. The van der Waals surface area contributed by atoms with Gasteiger partial charge in [-0.25, -0.2) is 13.1 Å². The van der Waals surface area contributed by atoms with E-state index in [2.05, 4.69) is 4.72 Å². The zero-order chi connectivity index (χ0) is 15.7. The van der Waals surface area contributed by atoms with E-state index >= 15 is 0 Å². The lowest BCUT2D eigenvalue weighted by Crippen LogP contribution is -2.36. The summed E-state index contributed by atoms with van der Waals surface area (Å²) in [5, 5.41) is 0. The number of carbonyl (C=O) groups is 1. The number of benzene rings is 1. The molecule has 0 spiro atoms. The predicted molar refractivity (Wildman–Crippen MR) is 85.4 cm³/mol. The molecule has 1 N–H and O–H groups in total. The fourth-order valence-electron chi connectivity index (χ4n) is 3.38. The van der Waals surface area contributed by atoms with Crippen LogP contribution in [0.3, 0.4) is 0 Å². The van der Waals surface area contributed by atoms with E-state index in [-0.39, 0.29) is 23.3 Å². The second-order valence-electron chi connectivity index (χ2n) is 6.06. The summed E-state index contributed by atoms with van der Waals surface area (Å²) in [5.74, 6) is 0.0345. The van der Waals surface area contributed by atoms with Crippen LogP contribution in [0.2, 0.25) is 0 Å². The average Bonchev–Trinajstić information content (AvgIpc) is 2.82. The van der Waals surface area contributed by atoms with E-state index in [4.69, 9.17) is 0 Å². The summed E-state index contributed by atoms with van der Waals surface area (Å²) in [4.78, 5) is 13.9. The Morgan fingerprint density at radius 2 is 1.95 bits per heavy atom. The van der Waals surface area contributed by atoms with Crippen molar-refractivity contribution in [2.75, 3.05) is 11.4 Å². The number of hydrogen-bond acceptors (Lipinski definition) is 3. The van der Waals surface area contributed by atoms with Gasteiger partial charge in [-0.2, -0.15) is 0 Å². The van der Waals surface area contributed by atoms with E-state index in [0.29, 0.717) is 6.54 Å². The first-order valence-corrected chi connectivity index (χ1v) is 9.45. The van der Waals surface area contributed by atoms with Gasteiger partial charge in [0.15, 0.2) is 0 Å². The van der Waals surface area contributed by atoms with E-state index in [1.807, 2.05) is 6.92 Å². The maximum Gasteiger partial charge on any atom is 0.240 e. The first-order valence-electron chi connectivity index (χ1n) is 7.97. The zero-order valence-electron chi connectivity index (χ0n) is 12.8. The minimum Gasteiger partial charge on any atom is -0.312 e. The van der Waals surface area contributed by atoms with Crippen LogP contribution in [0, 0.1) is 0 Å². The molecule has 2 aliphatic rings. The summed E-state index contributed by atoms with van der Waals surface area (Å²) >= 11 is 0. The van der Waals surface area contributed by atoms with Crippen LogP contribution in [0.5, 0.6) is 0 Å². The number of rotatable bonds is 4. The van der Waals surface area contributed by atoms with Crippen molar-refractivity contribution in [3.05, 3.63) is 23.8 Å². The normalized spacial score (nSPS) is 19.5. The molecule has 0 saturated heterocycles. The number of amides is 1. The molecule has 22 heavy (non-hydrogen) atoms. The Hall–Kier alpha value is -1.40. The second-order valence-corrected chi connectivity index (χ2v) is 7.78. The molecule has 5 nitrogen and oxygen atoms in total. The minimum atomic E-state index is -3.50. The van der Waals surface area contributed by atoms with Crippen molar-refractivity contribution in [3.8, 4) is 0 Å². The molecule has 0 unspecified atom stereocenters. The van der Waals surface area contributed by atoms with Gasteiger partial charge in [0.1, 0.15) is 0 Å². The van der Waals surface area contributed by atoms with Crippen molar-refractivity contribution >= 4 is 21.6 Å². The molecule has 1 aliphatic heterocycles. The molecule has 1 fully saturated rings. The van der Waals surface area contributed by atoms with E-state index < -0.39 is 10.0 Å². The lowest BCUT2D eigenvalue weighted by molar-refractivity contribution is -0.117. The largest absolute Gasteiger partial charge is 0.312 e. The van der Waals surface area contributed by atoms with Crippen LogP contribution in [0.4, 0.5) is 5.69 Å². The van der Waals surface area contributed by atoms with E-state index in [1.54, 1.807) is 23.1 Å². The fraction of sp³-hybridized carbons (Fsp3) is 0.562. The molecule has 6 heteroatoms. The van der Waals surface area contributed by atoms with Crippen LogP contribution < -0.4 is 9.62 Å². The molecule has 0 bridgehead atoms.